The van der Waals surface area contributed by atoms with Crippen LogP contribution in [0.15, 0.2) is 76.7 Å². The van der Waals surface area contributed by atoms with Crippen LogP contribution in [0.25, 0.3) is 16.6 Å². The Kier molecular flexibility index (Phi) is 5.29. The first-order valence-electron chi connectivity index (χ1n) is 10.4. The van der Waals surface area contributed by atoms with Crippen molar-refractivity contribution in [2.75, 3.05) is 19.5 Å². The average molecular weight is 476 g/mol. The summed E-state index contributed by atoms with van der Waals surface area (Å²) in [6.45, 7) is 1.89. The number of ether oxygens (including phenoxy) is 2. The number of hydrogen-bond donors (Lipinski definition) is 1. The molecule has 1 N–H and O–H groups in total. The van der Waals surface area contributed by atoms with Crippen molar-refractivity contribution in [3.8, 4) is 11.5 Å². The average Bonchev–Trinajstić information content (AvgIpc) is 3.29. The van der Waals surface area contributed by atoms with E-state index in [1.165, 1.54) is 4.52 Å². The maximum Gasteiger partial charge on any atom is 0.229 e. The van der Waals surface area contributed by atoms with Gasteiger partial charge in [0.2, 0.25) is 14.9 Å². The summed E-state index contributed by atoms with van der Waals surface area (Å²) >= 11 is 0. The topological polar surface area (TPSA) is 108 Å². The Hall–Kier alpha value is -4.18. The Morgan fingerprint density at radius 1 is 0.941 bits per heavy atom. The highest BCUT2D eigenvalue weighted by Crippen LogP contribution is 2.34. The van der Waals surface area contributed by atoms with E-state index in [4.69, 9.17) is 9.47 Å². The minimum absolute atomic E-state index is 0.114. The number of sulfone groups is 1. The minimum Gasteiger partial charge on any atom is -0.497 e. The molecule has 0 aliphatic carbocycles. The molecule has 0 unspecified atom stereocenters. The Morgan fingerprint density at radius 2 is 1.71 bits per heavy atom. The highest BCUT2D eigenvalue weighted by atomic mass is 32.2. The number of anilines is 2. The predicted octanol–water partition coefficient (Wildman–Crippen LogP) is 4.18. The summed E-state index contributed by atoms with van der Waals surface area (Å²) < 4.78 is 39.0. The van der Waals surface area contributed by atoms with E-state index >= 15 is 0 Å². The van der Waals surface area contributed by atoms with Crippen molar-refractivity contribution >= 4 is 37.9 Å². The van der Waals surface area contributed by atoms with Gasteiger partial charge in [-0.1, -0.05) is 35.0 Å². The molecule has 0 atom stereocenters. The van der Waals surface area contributed by atoms with Crippen LogP contribution in [0.5, 0.6) is 11.5 Å². The van der Waals surface area contributed by atoms with Crippen molar-refractivity contribution in [1.82, 2.24) is 19.8 Å². The van der Waals surface area contributed by atoms with E-state index in [0.29, 0.717) is 28.5 Å². The number of fused-ring (bicyclic) bond motifs is 3. The van der Waals surface area contributed by atoms with Crippen LogP contribution in [0.4, 0.5) is 11.5 Å². The van der Waals surface area contributed by atoms with Crippen LogP contribution in [-0.4, -0.2) is 42.4 Å². The summed E-state index contributed by atoms with van der Waals surface area (Å²) in [5.74, 6) is 1.63. The maximum atomic E-state index is 13.4. The second kappa shape index (κ2) is 8.31. The third-order valence-corrected chi connectivity index (χ3v) is 7.13. The molecule has 0 bridgehead atoms. The lowest BCUT2D eigenvalue weighted by Crippen LogP contribution is -2.06. The first-order valence-corrected chi connectivity index (χ1v) is 11.9. The molecule has 2 aromatic heterocycles. The second-order valence-corrected chi connectivity index (χ2v) is 9.48. The molecule has 0 fully saturated rings. The third kappa shape index (κ3) is 3.57. The monoisotopic (exact) mass is 475 g/mol. The van der Waals surface area contributed by atoms with Crippen LogP contribution >= 0.6 is 0 Å². The molecule has 5 aromatic rings. The smallest absolute Gasteiger partial charge is 0.229 e. The zero-order chi connectivity index (χ0) is 23.9. The van der Waals surface area contributed by atoms with Crippen molar-refractivity contribution < 1.29 is 17.9 Å². The highest BCUT2D eigenvalue weighted by Gasteiger charge is 2.27. The predicted molar refractivity (Wildman–Crippen MR) is 128 cm³/mol. The molecule has 0 amide bonds. The molecule has 10 heteroatoms. The van der Waals surface area contributed by atoms with Gasteiger partial charge < -0.3 is 14.8 Å². The molecular formula is C24H21N5O4S. The molecule has 172 valence electrons. The number of nitrogens with zero attached hydrogens (tertiary/aromatic N) is 4. The number of benzene rings is 3. The molecule has 0 aliphatic rings. The molecule has 0 spiro atoms. The van der Waals surface area contributed by atoms with E-state index in [1.807, 2.05) is 31.2 Å². The summed E-state index contributed by atoms with van der Waals surface area (Å²) in [4.78, 5) is 4.77. The molecule has 5 rings (SSSR count). The largest absolute Gasteiger partial charge is 0.497 e. The summed E-state index contributed by atoms with van der Waals surface area (Å²) in [6, 6.07) is 19.3. The van der Waals surface area contributed by atoms with Gasteiger partial charge in [-0.15, -0.1) is 5.10 Å². The molecule has 3 aromatic carbocycles. The quantitative estimate of drug-likeness (QED) is 0.390. The summed E-state index contributed by atoms with van der Waals surface area (Å²) in [5.41, 5.74) is 2.33. The van der Waals surface area contributed by atoms with E-state index in [0.717, 1.165) is 10.9 Å². The number of aromatic nitrogens is 4. The number of nitrogens with one attached hydrogen (secondary N) is 1. The number of methoxy groups -OCH3 is 2. The maximum absolute atomic E-state index is 13.4. The number of rotatable bonds is 6. The van der Waals surface area contributed by atoms with Gasteiger partial charge in [0, 0.05) is 11.5 Å². The lowest BCUT2D eigenvalue weighted by atomic mass is 10.2. The van der Waals surface area contributed by atoms with Gasteiger partial charge in [0.15, 0.2) is 5.65 Å². The Morgan fingerprint density at radius 3 is 2.44 bits per heavy atom. The third-order valence-electron chi connectivity index (χ3n) is 5.47. The van der Waals surface area contributed by atoms with E-state index < -0.39 is 9.84 Å². The van der Waals surface area contributed by atoms with Crippen molar-refractivity contribution in [1.29, 1.82) is 0 Å². The summed E-state index contributed by atoms with van der Waals surface area (Å²) in [5, 5.41) is 11.9. The van der Waals surface area contributed by atoms with Gasteiger partial charge in [-0.25, -0.2) is 13.4 Å². The van der Waals surface area contributed by atoms with Gasteiger partial charge in [0.05, 0.1) is 30.3 Å². The SMILES string of the molecule is COc1ccc(OC)c(Nc2nc3c(S(=O)(=O)c4ccc(C)cc4)nnn3c3ccccc23)c1. The molecule has 0 radical (unpaired) electrons. The van der Waals surface area contributed by atoms with Gasteiger partial charge in [-0.05, 0) is 43.3 Å². The molecule has 0 aliphatic heterocycles. The van der Waals surface area contributed by atoms with Gasteiger partial charge in [0.1, 0.15) is 17.3 Å². The van der Waals surface area contributed by atoms with Crippen LogP contribution in [0, 0.1) is 6.92 Å². The Balaban J connectivity index is 1.73. The highest BCUT2D eigenvalue weighted by molar-refractivity contribution is 7.91. The van der Waals surface area contributed by atoms with Crippen molar-refractivity contribution in [3.05, 3.63) is 72.3 Å². The van der Waals surface area contributed by atoms with Gasteiger partial charge in [0.25, 0.3) is 0 Å². The fourth-order valence-corrected chi connectivity index (χ4v) is 4.92. The standard InChI is InChI=1S/C24H21N5O4S/c1-15-8-11-17(12-9-15)34(30,31)24-23-26-22(18-6-4-5-7-20(18)29(23)28-27-24)25-19-14-16(32-2)10-13-21(19)33-3/h4-14H,1-3H3,(H,25,26). The van der Waals surface area contributed by atoms with E-state index in [1.54, 1.807) is 56.7 Å². The number of hydrogen-bond acceptors (Lipinski definition) is 8. The molecule has 0 saturated carbocycles. The minimum atomic E-state index is -3.95. The fraction of sp³-hybridized carbons (Fsp3) is 0.125. The summed E-state index contributed by atoms with van der Waals surface area (Å²) in [6.07, 6.45) is 0. The Labute approximate surface area is 195 Å². The fourth-order valence-electron chi connectivity index (χ4n) is 3.68. The lowest BCUT2D eigenvalue weighted by molar-refractivity contribution is 0.405. The Bertz CT molecular complexity index is 1630. The van der Waals surface area contributed by atoms with Gasteiger partial charge in [-0.2, -0.15) is 4.52 Å². The van der Waals surface area contributed by atoms with E-state index in [9.17, 15) is 8.42 Å². The number of para-hydroxylation sites is 1. The van der Waals surface area contributed by atoms with E-state index in [2.05, 4.69) is 20.6 Å². The molecule has 9 nitrogen and oxygen atoms in total. The van der Waals surface area contributed by atoms with Crippen LogP contribution in [0.3, 0.4) is 0 Å². The zero-order valence-corrected chi connectivity index (χ0v) is 19.5. The van der Waals surface area contributed by atoms with Gasteiger partial charge in [-0.3, -0.25) is 0 Å². The normalized spacial score (nSPS) is 11.6. The van der Waals surface area contributed by atoms with Crippen molar-refractivity contribution in [2.45, 2.75) is 16.8 Å². The lowest BCUT2D eigenvalue weighted by Gasteiger charge is -2.14. The van der Waals surface area contributed by atoms with Crippen molar-refractivity contribution in [2.24, 2.45) is 0 Å². The zero-order valence-electron chi connectivity index (χ0n) is 18.7. The van der Waals surface area contributed by atoms with Crippen LogP contribution < -0.4 is 14.8 Å². The van der Waals surface area contributed by atoms with Crippen molar-refractivity contribution in [3.63, 3.8) is 0 Å². The first kappa shape index (κ1) is 21.7. The molecule has 2 heterocycles. The van der Waals surface area contributed by atoms with Gasteiger partial charge >= 0.3 is 0 Å². The van der Waals surface area contributed by atoms with E-state index in [-0.39, 0.29) is 15.6 Å². The first-order chi connectivity index (χ1) is 16.4. The second-order valence-electron chi connectivity index (χ2n) is 7.62. The molecule has 0 saturated heterocycles. The van der Waals surface area contributed by atoms with Crippen LogP contribution in [0.2, 0.25) is 0 Å². The molecular weight excluding hydrogens is 454 g/mol. The van der Waals surface area contributed by atoms with Crippen LogP contribution in [0.1, 0.15) is 5.56 Å². The van der Waals surface area contributed by atoms with Crippen LogP contribution in [-0.2, 0) is 9.84 Å². The number of aryl methyl sites for hydroxylation is 1. The summed E-state index contributed by atoms with van der Waals surface area (Å²) in [7, 11) is -0.811. The molecule has 34 heavy (non-hydrogen) atoms.